The number of aromatic nitrogens is 3. The van der Waals surface area contributed by atoms with Crippen molar-refractivity contribution in [1.82, 2.24) is 14.8 Å². The molecule has 1 aliphatic carbocycles. The number of esters is 1. The second-order valence-electron chi connectivity index (χ2n) is 8.26. The van der Waals surface area contributed by atoms with Crippen molar-refractivity contribution in [3.05, 3.63) is 21.8 Å². The van der Waals surface area contributed by atoms with Gasteiger partial charge in [0.05, 0.1) is 17.9 Å². The van der Waals surface area contributed by atoms with Crippen LogP contribution in [0.5, 0.6) is 0 Å². The van der Waals surface area contributed by atoms with E-state index in [1.807, 2.05) is 0 Å². The Kier molecular flexibility index (Phi) is 8.16. The zero-order chi connectivity index (χ0) is 22.5. The molecule has 9 heteroatoms. The van der Waals surface area contributed by atoms with Crippen molar-refractivity contribution in [2.45, 2.75) is 77.9 Å². The van der Waals surface area contributed by atoms with Gasteiger partial charge in [-0.1, -0.05) is 39.5 Å². The summed E-state index contributed by atoms with van der Waals surface area (Å²) >= 11 is 2.89. The van der Waals surface area contributed by atoms with E-state index in [0.29, 0.717) is 23.1 Å². The van der Waals surface area contributed by atoms with Crippen molar-refractivity contribution in [3.8, 4) is 0 Å². The molecular formula is C22H32N4O3S2. The lowest BCUT2D eigenvalue weighted by Crippen LogP contribution is -2.18. The van der Waals surface area contributed by atoms with Gasteiger partial charge in [0.25, 0.3) is 0 Å². The maximum atomic E-state index is 12.8. The first-order chi connectivity index (χ1) is 14.8. The van der Waals surface area contributed by atoms with E-state index in [2.05, 4.69) is 47.8 Å². The Morgan fingerprint density at radius 2 is 2.10 bits per heavy atom. The molecule has 0 fully saturated rings. The molecule has 1 aliphatic rings. The van der Waals surface area contributed by atoms with Gasteiger partial charge in [-0.3, -0.25) is 4.79 Å². The molecule has 2 aromatic rings. The number of thiophene rings is 1. The summed E-state index contributed by atoms with van der Waals surface area (Å²) in [6.45, 7) is 11.5. The first-order valence-electron chi connectivity index (χ1n) is 11.0. The largest absolute Gasteiger partial charge is 0.462 e. The van der Waals surface area contributed by atoms with Gasteiger partial charge >= 0.3 is 5.97 Å². The quantitative estimate of drug-likeness (QED) is 0.419. The number of fused-ring (bicyclic) bond motifs is 1. The highest BCUT2D eigenvalue weighted by Crippen LogP contribution is 2.40. The number of nitrogens with zero attached hydrogens (tertiary/aromatic N) is 3. The molecule has 0 saturated carbocycles. The third-order valence-electron chi connectivity index (χ3n) is 5.29. The van der Waals surface area contributed by atoms with Crippen molar-refractivity contribution in [2.24, 2.45) is 5.92 Å². The Balaban J connectivity index is 1.74. The fraction of sp³-hybridized carbons (Fsp3) is 0.636. The van der Waals surface area contributed by atoms with Gasteiger partial charge < -0.3 is 14.6 Å². The predicted molar refractivity (Wildman–Crippen MR) is 125 cm³/mol. The Labute approximate surface area is 192 Å². The molecule has 0 bridgehead atoms. The lowest BCUT2D eigenvalue weighted by Gasteiger charge is -2.18. The highest BCUT2D eigenvalue weighted by atomic mass is 32.2. The van der Waals surface area contributed by atoms with Crippen LogP contribution in [-0.2, 0) is 28.9 Å². The summed E-state index contributed by atoms with van der Waals surface area (Å²) in [7, 11) is 0. The van der Waals surface area contributed by atoms with Crippen molar-refractivity contribution in [2.75, 3.05) is 17.7 Å². The number of carbonyl (C=O) groups excluding carboxylic acids is 2. The summed E-state index contributed by atoms with van der Waals surface area (Å²) < 4.78 is 7.38. The second-order valence-corrected chi connectivity index (χ2v) is 10.3. The normalized spacial score (nSPS) is 15.7. The van der Waals surface area contributed by atoms with Gasteiger partial charge in [0.15, 0.2) is 5.16 Å². The molecule has 3 rings (SSSR count). The van der Waals surface area contributed by atoms with Crippen LogP contribution in [0.1, 0.15) is 80.0 Å². The van der Waals surface area contributed by atoms with Crippen LogP contribution in [-0.4, -0.2) is 39.0 Å². The van der Waals surface area contributed by atoms with Gasteiger partial charge in [-0.2, -0.15) is 0 Å². The van der Waals surface area contributed by atoms with Crippen molar-refractivity contribution in [3.63, 3.8) is 0 Å². The van der Waals surface area contributed by atoms with E-state index >= 15 is 0 Å². The molecule has 0 radical (unpaired) electrons. The van der Waals surface area contributed by atoms with E-state index < -0.39 is 0 Å². The summed E-state index contributed by atoms with van der Waals surface area (Å²) in [5.41, 5.74) is 1.59. The van der Waals surface area contributed by atoms with Gasteiger partial charge in [-0.05, 0) is 44.1 Å². The average molecular weight is 465 g/mol. The minimum absolute atomic E-state index is 0.153. The number of nitrogens with one attached hydrogen (secondary N) is 1. The van der Waals surface area contributed by atoms with E-state index in [-0.39, 0.29) is 23.5 Å². The summed E-state index contributed by atoms with van der Waals surface area (Å²) in [5.74, 6) is 1.51. The van der Waals surface area contributed by atoms with Crippen LogP contribution in [0.2, 0.25) is 0 Å². The van der Waals surface area contributed by atoms with Gasteiger partial charge in [0.2, 0.25) is 5.91 Å². The summed E-state index contributed by atoms with van der Waals surface area (Å²) in [5, 5.41) is 12.9. The number of hydrogen-bond donors (Lipinski definition) is 1. The number of ether oxygens (including phenoxy) is 1. The van der Waals surface area contributed by atoms with E-state index in [0.717, 1.165) is 48.8 Å². The van der Waals surface area contributed by atoms with Gasteiger partial charge in [-0.25, -0.2) is 4.79 Å². The number of anilines is 1. The number of amides is 1. The monoisotopic (exact) mass is 464 g/mol. The van der Waals surface area contributed by atoms with Gasteiger partial charge in [0.1, 0.15) is 10.8 Å². The molecule has 1 N–H and O–H groups in total. The van der Waals surface area contributed by atoms with Crippen molar-refractivity contribution >= 4 is 40.0 Å². The molecule has 0 spiro atoms. The predicted octanol–water partition coefficient (Wildman–Crippen LogP) is 4.91. The van der Waals surface area contributed by atoms with Crippen LogP contribution in [0.3, 0.4) is 0 Å². The number of hydrogen-bond acceptors (Lipinski definition) is 7. The Morgan fingerprint density at radius 3 is 2.77 bits per heavy atom. The number of carbonyl (C=O) groups is 2. The highest BCUT2D eigenvalue weighted by molar-refractivity contribution is 7.99. The first kappa shape index (κ1) is 23.8. The molecule has 2 aromatic heterocycles. The zero-order valence-electron chi connectivity index (χ0n) is 19.0. The Hall–Kier alpha value is -1.87. The third-order valence-corrected chi connectivity index (χ3v) is 7.42. The molecule has 0 saturated heterocycles. The standard InChI is InChI=1S/C22H32N4O3S2/c1-6-10-26-19(13(3)4)24-25-22(26)30-12-17(27)23-20-18(21(28)29-7-2)15-9-8-14(5)11-16(15)31-20/h13-14H,6-12H2,1-5H3,(H,23,27). The zero-order valence-corrected chi connectivity index (χ0v) is 20.6. The van der Waals surface area contributed by atoms with Crippen LogP contribution >= 0.6 is 23.1 Å². The summed E-state index contributed by atoms with van der Waals surface area (Å²) in [6.07, 6.45) is 3.81. The lowest BCUT2D eigenvalue weighted by atomic mass is 9.88. The Morgan fingerprint density at radius 1 is 1.32 bits per heavy atom. The fourth-order valence-corrected chi connectivity index (χ4v) is 6.01. The smallest absolute Gasteiger partial charge is 0.341 e. The minimum Gasteiger partial charge on any atom is -0.462 e. The molecule has 1 atom stereocenters. The van der Waals surface area contributed by atoms with E-state index in [1.165, 1.54) is 28.0 Å². The molecule has 31 heavy (non-hydrogen) atoms. The van der Waals surface area contributed by atoms with Gasteiger partial charge in [-0.15, -0.1) is 21.5 Å². The van der Waals surface area contributed by atoms with Crippen molar-refractivity contribution < 1.29 is 14.3 Å². The fourth-order valence-electron chi connectivity index (χ4n) is 3.82. The minimum atomic E-state index is -0.346. The Bertz CT molecular complexity index is 936. The third kappa shape index (κ3) is 5.49. The SMILES string of the molecule is CCCn1c(SCC(=O)Nc2sc3c(c2C(=O)OCC)CCC(C)C3)nnc1C(C)C. The molecule has 170 valence electrons. The first-order valence-corrected chi connectivity index (χ1v) is 12.8. The van der Waals surface area contributed by atoms with Crippen LogP contribution in [0.4, 0.5) is 5.00 Å². The second kappa shape index (κ2) is 10.6. The summed E-state index contributed by atoms with van der Waals surface area (Å²) in [6, 6.07) is 0. The topological polar surface area (TPSA) is 86.1 Å². The number of thioether (sulfide) groups is 1. The van der Waals surface area contributed by atoms with E-state index in [4.69, 9.17) is 4.74 Å². The number of rotatable bonds is 9. The molecule has 2 heterocycles. The highest BCUT2D eigenvalue weighted by Gasteiger charge is 2.29. The van der Waals surface area contributed by atoms with E-state index in [1.54, 1.807) is 6.92 Å². The lowest BCUT2D eigenvalue weighted by molar-refractivity contribution is -0.113. The summed E-state index contributed by atoms with van der Waals surface area (Å²) in [4.78, 5) is 26.6. The van der Waals surface area contributed by atoms with Crippen LogP contribution in [0, 0.1) is 5.92 Å². The average Bonchev–Trinajstić information content (AvgIpc) is 3.27. The van der Waals surface area contributed by atoms with Crippen LogP contribution in [0.15, 0.2) is 5.16 Å². The molecule has 0 aromatic carbocycles. The maximum absolute atomic E-state index is 12.8. The molecular weight excluding hydrogens is 432 g/mol. The van der Waals surface area contributed by atoms with Crippen molar-refractivity contribution in [1.29, 1.82) is 0 Å². The molecule has 1 unspecified atom stereocenters. The van der Waals surface area contributed by atoms with Gasteiger partial charge in [0, 0.05) is 17.3 Å². The maximum Gasteiger partial charge on any atom is 0.341 e. The van der Waals surface area contributed by atoms with Crippen LogP contribution in [0.25, 0.3) is 0 Å². The molecule has 7 nitrogen and oxygen atoms in total. The molecule has 1 amide bonds. The molecule has 0 aliphatic heterocycles. The van der Waals surface area contributed by atoms with E-state index in [9.17, 15) is 9.59 Å². The van der Waals surface area contributed by atoms with Crippen LogP contribution < -0.4 is 5.32 Å².